The molecule has 0 bridgehead atoms. The van der Waals surface area contributed by atoms with E-state index in [1.807, 2.05) is 12.3 Å². The monoisotopic (exact) mass is 421 g/mol. The minimum atomic E-state index is -0.0812. The highest BCUT2D eigenvalue weighted by molar-refractivity contribution is 5.82. The molecule has 2 fully saturated rings. The number of methoxy groups -OCH3 is 1. The fourth-order valence-corrected chi connectivity index (χ4v) is 5.42. The van der Waals surface area contributed by atoms with Crippen molar-refractivity contribution in [1.82, 2.24) is 15.3 Å². The minimum Gasteiger partial charge on any atom is -0.497 e. The number of benzene rings is 1. The second-order valence-corrected chi connectivity index (χ2v) is 8.92. The van der Waals surface area contributed by atoms with E-state index < -0.39 is 0 Å². The van der Waals surface area contributed by atoms with Crippen LogP contribution in [0.2, 0.25) is 0 Å². The summed E-state index contributed by atoms with van der Waals surface area (Å²) in [4.78, 5) is 26.9. The summed E-state index contributed by atoms with van der Waals surface area (Å²) in [5.74, 6) is 1.86. The van der Waals surface area contributed by atoms with Crippen LogP contribution in [0.5, 0.6) is 5.75 Å². The summed E-state index contributed by atoms with van der Waals surface area (Å²) in [6.45, 7) is 2.45. The molecule has 0 radical (unpaired) electrons. The van der Waals surface area contributed by atoms with E-state index in [0.717, 1.165) is 50.5 Å². The maximum absolute atomic E-state index is 13.5. The van der Waals surface area contributed by atoms with Gasteiger partial charge in [0.25, 0.3) is 0 Å². The van der Waals surface area contributed by atoms with Crippen molar-refractivity contribution in [2.24, 2.45) is 5.92 Å². The zero-order valence-corrected chi connectivity index (χ0v) is 18.2. The molecule has 7 heteroatoms. The maximum Gasteiger partial charge on any atom is 0.225 e. The third kappa shape index (κ3) is 4.05. The van der Waals surface area contributed by atoms with Crippen molar-refractivity contribution in [2.45, 2.75) is 50.6 Å². The lowest BCUT2D eigenvalue weighted by Crippen LogP contribution is -2.62. The van der Waals surface area contributed by atoms with Crippen molar-refractivity contribution in [3.05, 3.63) is 42.4 Å². The summed E-state index contributed by atoms with van der Waals surface area (Å²) in [5.41, 5.74) is 2.43. The zero-order chi connectivity index (χ0) is 21.2. The molecular formula is C24H31N5O2. The highest BCUT2D eigenvalue weighted by Crippen LogP contribution is 2.38. The van der Waals surface area contributed by atoms with E-state index in [0.29, 0.717) is 6.04 Å². The van der Waals surface area contributed by atoms with E-state index >= 15 is 0 Å². The summed E-state index contributed by atoms with van der Waals surface area (Å²) in [7, 11) is 1.70. The number of aromatic nitrogens is 2. The molecule has 0 unspecified atom stereocenters. The average Bonchev–Trinajstić information content (AvgIpc) is 2.84. The van der Waals surface area contributed by atoms with E-state index in [2.05, 4.69) is 37.2 Å². The Morgan fingerprint density at radius 3 is 2.81 bits per heavy atom. The predicted molar refractivity (Wildman–Crippen MR) is 121 cm³/mol. The van der Waals surface area contributed by atoms with Crippen LogP contribution in [0.4, 0.5) is 11.5 Å². The molecule has 2 aliphatic heterocycles. The molecule has 3 heterocycles. The normalized spacial score (nSPS) is 23.6. The fourth-order valence-electron chi connectivity index (χ4n) is 5.42. The van der Waals surface area contributed by atoms with Gasteiger partial charge in [-0.1, -0.05) is 25.3 Å². The number of hydrogen-bond donors (Lipinski definition) is 1. The Morgan fingerprint density at radius 2 is 2.03 bits per heavy atom. The van der Waals surface area contributed by atoms with Crippen molar-refractivity contribution >= 4 is 17.4 Å². The third-order valence-electron chi connectivity index (χ3n) is 7.09. The van der Waals surface area contributed by atoms with Crippen LogP contribution in [0, 0.1) is 5.92 Å². The first-order valence-electron chi connectivity index (χ1n) is 11.5. The lowest BCUT2D eigenvalue weighted by molar-refractivity contribution is -0.126. The van der Waals surface area contributed by atoms with Crippen LogP contribution < -0.4 is 19.9 Å². The summed E-state index contributed by atoms with van der Waals surface area (Å²) in [6, 6.07) is 6.67. The molecule has 1 saturated heterocycles. The molecule has 3 aliphatic rings. The topological polar surface area (TPSA) is 70.6 Å². The van der Waals surface area contributed by atoms with Gasteiger partial charge < -0.3 is 19.9 Å². The molecule has 5 rings (SSSR count). The van der Waals surface area contributed by atoms with Gasteiger partial charge in [-0.3, -0.25) is 9.78 Å². The number of piperazine rings is 1. The van der Waals surface area contributed by atoms with Crippen molar-refractivity contribution in [3.63, 3.8) is 0 Å². The number of ether oxygens (including phenoxy) is 1. The van der Waals surface area contributed by atoms with Gasteiger partial charge in [0.15, 0.2) is 0 Å². The summed E-state index contributed by atoms with van der Waals surface area (Å²) < 4.78 is 5.49. The lowest BCUT2D eigenvalue weighted by atomic mass is 9.82. The van der Waals surface area contributed by atoms with Gasteiger partial charge in [-0.15, -0.1) is 0 Å². The number of hydrogen-bond acceptors (Lipinski definition) is 6. The molecule has 2 aromatic rings. The Balaban J connectivity index is 1.43. The fraction of sp³-hybridized carbons (Fsp3) is 0.542. The number of nitrogens with one attached hydrogen (secondary N) is 1. The number of anilines is 2. The number of nitrogens with zero attached hydrogens (tertiary/aromatic N) is 4. The minimum absolute atomic E-state index is 0.0812. The predicted octanol–water partition coefficient (Wildman–Crippen LogP) is 2.80. The van der Waals surface area contributed by atoms with E-state index in [1.165, 1.54) is 30.5 Å². The molecule has 1 saturated carbocycles. The first-order chi connectivity index (χ1) is 15.2. The largest absolute Gasteiger partial charge is 0.497 e. The Hall–Kier alpha value is -2.83. The summed E-state index contributed by atoms with van der Waals surface area (Å²) >= 11 is 0. The van der Waals surface area contributed by atoms with Crippen LogP contribution >= 0.6 is 0 Å². The molecule has 1 N–H and O–H groups in total. The van der Waals surface area contributed by atoms with Gasteiger partial charge in [0.1, 0.15) is 11.6 Å². The van der Waals surface area contributed by atoms with E-state index in [1.54, 1.807) is 19.5 Å². The Morgan fingerprint density at radius 1 is 1.16 bits per heavy atom. The van der Waals surface area contributed by atoms with Gasteiger partial charge in [-0.2, -0.15) is 0 Å². The molecule has 1 aromatic carbocycles. The Labute approximate surface area is 183 Å². The SMILES string of the molecule is COc1ccc2c(c1)N1CCN(c3cnccn3)C[C@@H]1[C@H](C(=O)NC1CCCCC1)C2. The first kappa shape index (κ1) is 20.1. The van der Waals surface area contributed by atoms with Crippen molar-refractivity contribution in [2.75, 3.05) is 36.5 Å². The number of carbonyl (C=O) groups is 1. The first-order valence-corrected chi connectivity index (χ1v) is 11.5. The smallest absolute Gasteiger partial charge is 0.225 e. The zero-order valence-electron chi connectivity index (χ0n) is 18.2. The van der Waals surface area contributed by atoms with E-state index in [9.17, 15) is 4.79 Å². The highest BCUT2D eigenvalue weighted by Gasteiger charge is 2.42. The van der Waals surface area contributed by atoms with Gasteiger partial charge in [-0.25, -0.2) is 4.98 Å². The van der Waals surface area contributed by atoms with E-state index in [4.69, 9.17) is 4.74 Å². The van der Waals surface area contributed by atoms with Crippen LogP contribution in [0.15, 0.2) is 36.8 Å². The second kappa shape index (κ2) is 8.73. The van der Waals surface area contributed by atoms with E-state index in [-0.39, 0.29) is 17.9 Å². The van der Waals surface area contributed by atoms with Crippen molar-refractivity contribution in [3.8, 4) is 5.75 Å². The molecule has 164 valence electrons. The van der Waals surface area contributed by atoms with Gasteiger partial charge in [0, 0.05) is 49.8 Å². The molecule has 2 atom stereocenters. The number of amides is 1. The molecule has 1 amide bonds. The van der Waals surface area contributed by atoms with Crippen molar-refractivity contribution < 1.29 is 9.53 Å². The second-order valence-electron chi connectivity index (χ2n) is 8.92. The average molecular weight is 422 g/mol. The molecule has 1 aromatic heterocycles. The van der Waals surface area contributed by atoms with Crippen LogP contribution in [-0.2, 0) is 11.2 Å². The molecule has 7 nitrogen and oxygen atoms in total. The van der Waals surface area contributed by atoms with Gasteiger partial charge in [0.2, 0.25) is 5.91 Å². The van der Waals surface area contributed by atoms with Crippen molar-refractivity contribution in [1.29, 1.82) is 0 Å². The van der Waals surface area contributed by atoms with Gasteiger partial charge in [-0.05, 0) is 30.9 Å². The Bertz CT molecular complexity index is 915. The summed E-state index contributed by atoms with van der Waals surface area (Å²) in [6.07, 6.45) is 11.9. The number of carbonyl (C=O) groups excluding carboxylic acids is 1. The molecular weight excluding hydrogens is 390 g/mol. The molecule has 0 spiro atoms. The van der Waals surface area contributed by atoms with Crippen LogP contribution in [-0.4, -0.2) is 54.7 Å². The maximum atomic E-state index is 13.5. The Kier molecular flexibility index (Phi) is 5.66. The van der Waals surface area contributed by atoms with Gasteiger partial charge in [0.05, 0.1) is 25.3 Å². The molecule has 31 heavy (non-hydrogen) atoms. The van der Waals surface area contributed by atoms with Crippen LogP contribution in [0.3, 0.4) is 0 Å². The third-order valence-corrected chi connectivity index (χ3v) is 7.09. The quantitative estimate of drug-likeness (QED) is 0.819. The van der Waals surface area contributed by atoms with Crippen LogP contribution in [0.1, 0.15) is 37.7 Å². The summed E-state index contributed by atoms with van der Waals surface area (Å²) in [5, 5.41) is 3.39. The highest BCUT2D eigenvalue weighted by atomic mass is 16.5. The number of fused-ring (bicyclic) bond motifs is 3. The number of rotatable bonds is 4. The lowest BCUT2D eigenvalue weighted by Gasteiger charge is -2.49. The van der Waals surface area contributed by atoms with Crippen LogP contribution in [0.25, 0.3) is 0 Å². The van der Waals surface area contributed by atoms with Gasteiger partial charge >= 0.3 is 0 Å². The standard InChI is InChI=1S/C24H31N5O2/c1-31-19-8-7-17-13-20(24(30)27-18-5-3-2-4-6-18)22-16-28(23-15-25-9-10-26-23)11-12-29(22)21(17)14-19/h7-10,14-15,18,20,22H,2-6,11-13,16H2,1H3,(H,27,30)/t20-,22-/m1/s1. The molecule has 1 aliphatic carbocycles.